The molecule has 0 bridgehead atoms. The SMILES string of the molecule is [2H]c1c([2H])c(OC[C@](C)(O)C(=O)Nc2ccc([N+](=O)[O-])c(C(F)(F)F)c2)c([2H])c([2H])c1Cl. The molecule has 7 nitrogen and oxygen atoms in total. The third kappa shape index (κ3) is 5.33. The van der Waals surface area contributed by atoms with Crippen LogP contribution in [0.4, 0.5) is 24.5 Å². The highest BCUT2D eigenvalue weighted by molar-refractivity contribution is 6.30. The van der Waals surface area contributed by atoms with Crippen LogP contribution in [0.5, 0.6) is 5.75 Å². The highest BCUT2D eigenvalue weighted by Gasteiger charge is 2.39. The van der Waals surface area contributed by atoms with Gasteiger partial charge in [0.2, 0.25) is 0 Å². The maximum Gasteiger partial charge on any atom is 0.423 e. The standard InChI is InChI=1S/C17H14ClF3N2O5/c1-16(25,9-28-12-5-2-10(18)3-6-12)15(24)22-11-4-7-14(23(26)27)13(8-11)17(19,20)21/h2-8,25H,9H2,1H3,(H,22,24)/t16-/m0/s1/i2D,3D,5D,6D. The molecule has 0 saturated heterocycles. The highest BCUT2D eigenvalue weighted by Crippen LogP contribution is 2.37. The van der Waals surface area contributed by atoms with Gasteiger partial charge in [-0.15, -0.1) is 0 Å². The number of amides is 1. The molecule has 2 aromatic carbocycles. The second kappa shape index (κ2) is 8.03. The average Bonchev–Trinajstić information content (AvgIpc) is 2.69. The Morgan fingerprint density at radius 1 is 1.36 bits per heavy atom. The van der Waals surface area contributed by atoms with E-state index in [1.165, 1.54) is 0 Å². The van der Waals surface area contributed by atoms with Crippen molar-refractivity contribution in [3.8, 4) is 5.75 Å². The number of nitro groups is 1. The van der Waals surface area contributed by atoms with Crippen LogP contribution in [-0.4, -0.2) is 28.1 Å². The fraction of sp³-hybridized carbons (Fsp3) is 0.235. The minimum absolute atomic E-state index is 0.328. The Kier molecular flexibility index (Phi) is 4.63. The van der Waals surface area contributed by atoms with Crippen molar-refractivity contribution in [2.45, 2.75) is 18.7 Å². The van der Waals surface area contributed by atoms with E-state index >= 15 is 0 Å². The van der Waals surface area contributed by atoms with E-state index in [-0.39, 0.29) is 0 Å². The minimum Gasteiger partial charge on any atom is -0.490 e. The van der Waals surface area contributed by atoms with Gasteiger partial charge in [0.25, 0.3) is 11.6 Å². The lowest BCUT2D eigenvalue weighted by Crippen LogP contribution is -2.45. The zero-order valence-corrected chi connectivity index (χ0v) is 14.7. The monoisotopic (exact) mass is 422 g/mol. The van der Waals surface area contributed by atoms with Crippen LogP contribution in [0.2, 0.25) is 5.02 Å². The average molecular weight is 423 g/mol. The summed E-state index contributed by atoms with van der Waals surface area (Å²) in [4.78, 5) is 21.9. The van der Waals surface area contributed by atoms with Gasteiger partial charge in [-0.3, -0.25) is 14.9 Å². The number of rotatable bonds is 6. The lowest BCUT2D eigenvalue weighted by molar-refractivity contribution is -0.388. The van der Waals surface area contributed by atoms with Crippen LogP contribution in [0.25, 0.3) is 0 Å². The van der Waals surface area contributed by atoms with Crippen molar-refractivity contribution in [2.24, 2.45) is 0 Å². The van der Waals surface area contributed by atoms with Crippen molar-refractivity contribution in [3.63, 3.8) is 0 Å². The van der Waals surface area contributed by atoms with Crippen LogP contribution in [0.3, 0.4) is 0 Å². The smallest absolute Gasteiger partial charge is 0.423 e. The van der Waals surface area contributed by atoms with Gasteiger partial charge >= 0.3 is 6.18 Å². The molecule has 2 aromatic rings. The number of anilines is 1. The van der Waals surface area contributed by atoms with Gasteiger partial charge in [0.15, 0.2) is 5.60 Å². The predicted molar refractivity (Wildman–Crippen MR) is 94.3 cm³/mol. The Labute approximate surface area is 167 Å². The maximum absolute atomic E-state index is 13.1. The molecular formula is C17H14ClF3N2O5. The molecule has 0 aliphatic rings. The first-order chi connectivity index (χ1) is 14.6. The van der Waals surface area contributed by atoms with E-state index in [1.54, 1.807) is 0 Å². The lowest BCUT2D eigenvalue weighted by Gasteiger charge is -2.23. The number of nitrogens with one attached hydrogen (secondary N) is 1. The molecule has 0 fully saturated rings. The van der Waals surface area contributed by atoms with Crippen LogP contribution in [-0.2, 0) is 11.0 Å². The number of nitrogens with zero attached hydrogens (tertiary/aromatic N) is 1. The molecule has 0 spiro atoms. The Morgan fingerprint density at radius 3 is 2.50 bits per heavy atom. The van der Waals surface area contributed by atoms with Gasteiger partial charge in [-0.1, -0.05) is 11.6 Å². The van der Waals surface area contributed by atoms with E-state index in [4.69, 9.17) is 21.8 Å². The summed E-state index contributed by atoms with van der Waals surface area (Å²) in [6.45, 7) is 0.0149. The number of carbonyl (C=O) groups excluding carboxylic acids is 1. The van der Waals surface area contributed by atoms with Crippen LogP contribution >= 0.6 is 11.6 Å². The van der Waals surface area contributed by atoms with Gasteiger partial charge in [0.05, 0.1) is 10.4 Å². The summed E-state index contributed by atoms with van der Waals surface area (Å²) in [5.74, 6) is -1.86. The first-order valence-electron chi connectivity index (χ1n) is 9.36. The zero-order valence-electron chi connectivity index (χ0n) is 18.0. The molecule has 2 rings (SSSR count). The molecule has 0 aromatic heterocycles. The number of aliphatic hydroxyl groups is 1. The maximum atomic E-state index is 13.1. The van der Waals surface area contributed by atoms with Gasteiger partial charge in [-0.05, 0) is 43.2 Å². The van der Waals surface area contributed by atoms with Crippen molar-refractivity contribution in [2.75, 3.05) is 11.9 Å². The van der Waals surface area contributed by atoms with Gasteiger partial charge in [-0.25, -0.2) is 0 Å². The number of carbonyl (C=O) groups is 1. The van der Waals surface area contributed by atoms with Crippen molar-refractivity contribution < 1.29 is 38.2 Å². The van der Waals surface area contributed by atoms with Crippen LogP contribution in [0.1, 0.15) is 18.0 Å². The largest absolute Gasteiger partial charge is 0.490 e. The van der Waals surface area contributed by atoms with Crippen LogP contribution in [0.15, 0.2) is 42.4 Å². The third-order valence-corrected chi connectivity index (χ3v) is 3.50. The molecular weight excluding hydrogens is 405 g/mol. The van der Waals surface area contributed by atoms with E-state index in [0.717, 1.165) is 13.0 Å². The third-order valence-electron chi connectivity index (χ3n) is 3.31. The molecule has 1 atom stereocenters. The second-order valence-electron chi connectivity index (χ2n) is 5.65. The Balaban J connectivity index is 2.25. The number of benzene rings is 2. The number of ether oxygens (including phenoxy) is 1. The normalized spacial score (nSPS) is 15.5. The van der Waals surface area contributed by atoms with Crippen molar-refractivity contribution in [3.05, 3.63) is 63.1 Å². The second-order valence-corrected chi connectivity index (χ2v) is 6.02. The summed E-state index contributed by atoms with van der Waals surface area (Å²) in [6.07, 6.45) is -5.08. The fourth-order valence-electron chi connectivity index (χ4n) is 1.90. The van der Waals surface area contributed by atoms with Crippen molar-refractivity contribution >= 4 is 28.9 Å². The van der Waals surface area contributed by atoms with Crippen LogP contribution in [0, 0.1) is 10.1 Å². The summed E-state index contributed by atoms with van der Waals surface area (Å²) < 4.78 is 75.1. The van der Waals surface area contributed by atoms with E-state index in [9.17, 15) is 33.2 Å². The molecule has 0 aliphatic heterocycles. The molecule has 28 heavy (non-hydrogen) atoms. The zero-order chi connectivity index (χ0) is 24.6. The quantitative estimate of drug-likeness (QED) is 0.540. The first-order valence-corrected chi connectivity index (χ1v) is 7.73. The number of hydrogen-bond acceptors (Lipinski definition) is 5. The predicted octanol–water partition coefficient (Wildman–Crippen LogP) is 4.04. The molecule has 0 heterocycles. The molecule has 2 N–H and O–H groups in total. The molecule has 0 aliphatic carbocycles. The molecule has 0 saturated carbocycles. The number of halogens is 4. The Hall–Kier alpha value is -2.85. The molecule has 11 heteroatoms. The number of hydrogen-bond donors (Lipinski definition) is 2. The Bertz CT molecular complexity index is 1070. The number of nitro benzene ring substituents is 1. The lowest BCUT2D eigenvalue weighted by atomic mass is 10.1. The van der Waals surface area contributed by atoms with Gasteiger partial charge in [0.1, 0.15) is 17.9 Å². The van der Waals surface area contributed by atoms with Crippen LogP contribution < -0.4 is 10.1 Å². The van der Waals surface area contributed by atoms with Gasteiger partial charge in [-0.2, -0.15) is 13.2 Å². The minimum atomic E-state index is -5.08. The van der Waals surface area contributed by atoms with E-state index in [1.807, 2.05) is 5.32 Å². The van der Waals surface area contributed by atoms with E-state index in [0.29, 0.717) is 12.1 Å². The molecule has 150 valence electrons. The summed E-state index contributed by atoms with van der Waals surface area (Å²) in [5, 5.41) is 22.7. The van der Waals surface area contributed by atoms with Crippen molar-refractivity contribution in [1.82, 2.24) is 0 Å². The van der Waals surface area contributed by atoms with Gasteiger partial charge in [0, 0.05) is 16.8 Å². The van der Waals surface area contributed by atoms with Crippen molar-refractivity contribution in [1.29, 1.82) is 0 Å². The summed E-state index contributed by atoms with van der Waals surface area (Å²) >= 11 is 5.66. The fourth-order valence-corrected chi connectivity index (χ4v) is 2.00. The Morgan fingerprint density at radius 2 is 1.96 bits per heavy atom. The van der Waals surface area contributed by atoms with Gasteiger partial charge < -0.3 is 15.2 Å². The summed E-state index contributed by atoms with van der Waals surface area (Å²) in [7, 11) is 0. The first kappa shape index (κ1) is 16.1. The number of alkyl halides is 3. The van der Waals surface area contributed by atoms with E-state index in [2.05, 4.69) is 0 Å². The topological polar surface area (TPSA) is 102 Å². The summed E-state index contributed by atoms with van der Waals surface area (Å²) in [5.41, 5.74) is -5.75. The molecule has 0 radical (unpaired) electrons. The summed E-state index contributed by atoms with van der Waals surface area (Å²) in [6, 6.07) is -0.857. The molecule has 1 amide bonds. The van der Waals surface area contributed by atoms with E-state index < -0.39 is 81.1 Å². The molecule has 0 unspecified atom stereocenters. The highest BCUT2D eigenvalue weighted by atomic mass is 35.5.